The Kier molecular flexibility index (Phi) is 5.76. The number of hydrogen-bond acceptors (Lipinski definition) is 3. The normalized spacial score (nSPS) is 17.4. The molecule has 0 saturated carbocycles. The Hall–Kier alpha value is -1.39. The summed E-state index contributed by atoms with van der Waals surface area (Å²) in [6, 6.07) is 10.2. The van der Waals surface area contributed by atoms with Crippen LogP contribution in [0.4, 0.5) is 0 Å². The van der Waals surface area contributed by atoms with Crippen molar-refractivity contribution in [3.63, 3.8) is 0 Å². The summed E-state index contributed by atoms with van der Waals surface area (Å²) in [5, 5.41) is 3.36. The number of hydrogen-bond donors (Lipinski definition) is 1. The number of benzene rings is 1. The number of carbonyl (C=O) groups is 1. The molecule has 0 radical (unpaired) electrons. The second-order valence-electron chi connectivity index (χ2n) is 5.62. The SMILES string of the molecule is CCOCCN(C)C(=O)C1(c2ccccc2)CCNCC1. The lowest BCUT2D eigenvalue weighted by Crippen LogP contribution is -2.51. The highest BCUT2D eigenvalue weighted by atomic mass is 16.5. The molecule has 0 aromatic heterocycles. The monoisotopic (exact) mass is 290 g/mol. The molecule has 2 rings (SSSR count). The van der Waals surface area contributed by atoms with Gasteiger partial charge < -0.3 is 15.0 Å². The van der Waals surface area contributed by atoms with E-state index in [-0.39, 0.29) is 11.3 Å². The molecule has 1 aliphatic rings. The molecule has 0 unspecified atom stereocenters. The topological polar surface area (TPSA) is 41.6 Å². The fourth-order valence-corrected chi connectivity index (χ4v) is 3.05. The summed E-state index contributed by atoms with van der Waals surface area (Å²) in [6.45, 7) is 5.69. The van der Waals surface area contributed by atoms with Gasteiger partial charge in [0, 0.05) is 20.2 Å². The van der Waals surface area contributed by atoms with Gasteiger partial charge in [-0.1, -0.05) is 30.3 Å². The maximum absolute atomic E-state index is 13.1. The summed E-state index contributed by atoms with van der Waals surface area (Å²) < 4.78 is 5.37. The van der Waals surface area contributed by atoms with Crippen LogP contribution in [0, 0.1) is 0 Å². The van der Waals surface area contributed by atoms with Crippen molar-refractivity contribution in [2.75, 3.05) is 39.9 Å². The molecule has 1 N–H and O–H groups in total. The number of nitrogens with zero attached hydrogens (tertiary/aromatic N) is 1. The summed E-state index contributed by atoms with van der Waals surface area (Å²) in [7, 11) is 1.88. The molecule has 0 bridgehead atoms. The Balaban J connectivity index is 2.18. The number of amides is 1. The van der Waals surface area contributed by atoms with Crippen molar-refractivity contribution in [2.24, 2.45) is 0 Å². The first kappa shape index (κ1) is 16.0. The first-order valence-electron chi connectivity index (χ1n) is 7.80. The van der Waals surface area contributed by atoms with E-state index < -0.39 is 0 Å². The van der Waals surface area contributed by atoms with Crippen molar-refractivity contribution in [1.82, 2.24) is 10.2 Å². The van der Waals surface area contributed by atoms with Gasteiger partial charge in [-0.25, -0.2) is 0 Å². The van der Waals surface area contributed by atoms with Crippen LogP contribution in [0.3, 0.4) is 0 Å². The lowest BCUT2D eigenvalue weighted by molar-refractivity contribution is -0.138. The molecule has 1 saturated heterocycles. The van der Waals surface area contributed by atoms with E-state index in [9.17, 15) is 4.79 Å². The summed E-state index contributed by atoms with van der Waals surface area (Å²) in [5.41, 5.74) is 0.757. The highest BCUT2D eigenvalue weighted by molar-refractivity contribution is 5.88. The zero-order chi connectivity index (χ0) is 15.1. The molecule has 1 aliphatic heterocycles. The van der Waals surface area contributed by atoms with Crippen LogP contribution in [0.1, 0.15) is 25.3 Å². The van der Waals surface area contributed by atoms with Crippen LogP contribution >= 0.6 is 0 Å². The highest BCUT2D eigenvalue weighted by Gasteiger charge is 2.42. The molecule has 0 atom stereocenters. The van der Waals surface area contributed by atoms with E-state index in [2.05, 4.69) is 17.4 Å². The van der Waals surface area contributed by atoms with E-state index in [1.165, 1.54) is 0 Å². The minimum Gasteiger partial charge on any atom is -0.380 e. The van der Waals surface area contributed by atoms with Crippen LogP contribution in [-0.4, -0.2) is 50.7 Å². The molecule has 21 heavy (non-hydrogen) atoms. The van der Waals surface area contributed by atoms with Crippen molar-refractivity contribution in [3.8, 4) is 0 Å². The molecule has 1 aromatic rings. The predicted octanol–water partition coefficient (Wildman–Crippen LogP) is 1.80. The Labute approximate surface area is 127 Å². The number of ether oxygens (including phenoxy) is 1. The number of carbonyl (C=O) groups excluding carboxylic acids is 1. The lowest BCUT2D eigenvalue weighted by atomic mass is 9.72. The summed E-state index contributed by atoms with van der Waals surface area (Å²) >= 11 is 0. The number of piperidine rings is 1. The Morgan fingerprint density at radius 2 is 1.95 bits per heavy atom. The van der Waals surface area contributed by atoms with Crippen LogP contribution < -0.4 is 5.32 Å². The second kappa shape index (κ2) is 7.57. The second-order valence-corrected chi connectivity index (χ2v) is 5.62. The molecular weight excluding hydrogens is 264 g/mol. The molecular formula is C17H26N2O2. The van der Waals surface area contributed by atoms with Gasteiger partial charge in [-0.2, -0.15) is 0 Å². The van der Waals surface area contributed by atoms with Gasteiger partial charge >= 0.3 is 0 Å². The van der Waals surface area contributed by atoms with E-state index >= 15 is 0 Å². The molecule has 0 spiro atoms. The number of nitrogens with one attached hydrogen (secondary N) is 1. The lowest BCUT2D eigenvalue weighted by Gasteiger charge is -2.39. The van der Waals surface area contributed by atoms with Crippen LogP contribution in [-0.2, 0) is 14.9 Å². The minimum atomic E-state index is -0.381. The maximum atomic E-state index is 13.1. The van der Waals surface area contributed by atoms with Crippen LogP contribution in [0.2, 0.25) is 0 Å². The van der Waals surface area contributed by atoms with Gasteiger partial charge in [-0.05, 0) is 38.4 Å². The van der Waals surface area contributed by atoms with E-state index in [1.807, 2.05) is 37.1 Å². The summed E-state index contributed by atoms with van der Waals surface area (Å²) in [5.74, 6) is 0.218. The molecule has 1 aromatic carbocycles. The molecule has 0 aliphatic carbocycles. The smallest absolute Gasteiger partial charge is 0.233 e. The van der Waals surface area contributed by atoms with Crippen LogP contribution in [0.15, 0.2) is 30.3 Å². The first-order chi connectivity index (χ1) is 10.2. The van der Waals surface area contributed by atoms with Crippen LogP contribution in [0.25, 0.3) is 0 Å². The molecule has 1 heterocycles. The predicted molar refractivity (Wildman–Crippen MR) is 84.4 cm³/mol. The third kappa shape index (κ3) is 3.63. The molecule has 4 nitrogen and oxygen atoms in total. The fourth-order valence-electron chi connectivity index (χ4n) is 3.05. The molecule has 4 heteroatoms. The standard InChI is InChI=1S/C17H26N2O2/c1-3-21-14-13-19(2)16(20)17(9-11-18-12-10-17)15-7-5-4-6-8-15/h4-8,18H,3,9-14H2,1-2H3. The largest absolute Gasteiger partial charge is 0.380 e. The number of likely N-dealkylation sites (N-methyl/N-ethyl adjacent to an activating group) is 1. The van der Waals surface area contributed by atoms with E-state index in [0.717, 1.165) is 31.5 Å². The Morgan fingerprint density at radius 1 is 1.29 bits per heavy atom. The van der Waals surface area contributed by atoms with Gasteiger partial charge in [-0.3, -0.25) is 4.79 Å². The van der Waals surface area contributed by atoms with Gasteiger partial charge in [0.15, 0.2) is 0 Å². The summed E-state index contributed by atoms with van der Waals surface area (Å²) in [4.78, 5) is 14.9. The highest BCUT2D eigenvalue weighted by Crippen LogP contribution is 2.35. The van der Waals surface area contributed by atoms with Gasteiger partial charge in [0.2, 0.25) is 5.91 Å². The fraction of sp³-hybridized carbons (Fsp3) is 0.588. The maximum Gasteiger partial charge on any atom is 0.233 e. The quantitative estimate of drug-likeness (QED) is 0.812. The average molecular weight is 290 g/mol. The van der Waals surface area contributed by atoms with E-state index in [0.29, 0.717) is 19.8 Å². The Morgan fingerprint density at radius 3 is 2.57 bits per heavy atom. The van der Waals surface area contributed by atoms with E-state index in [1.54, 1.807) is 0 Å². The van der Waals surface area contributed by atoms with Gasteiger partial charge in [0.25, 0.3) is 0 Å². The zero-order valence-corrected chi connectivity index (χ0v) is 13.1. The molecule has 1 fully saturated rings. The summed E-state index contributed by atoms with van der Waals surface area (Å²) in [6.07, 6.45) is 1.71. The third-order valence-corrected chi connectivity index (χ3v) is 4.31. The van der Waals surface area contributed by atoms with Gasteiger partial charge in [0.05, 0.1) is 12.0 Å². The average Bonchev–Trinajstić information content (AvgIpc) is 2.55. The molecule has 116 valence electrons. The Bertz CT molecular complexity index is 441. The van der Waals surface area contributed by atoms with Crippen molar-refractivity contribution in [2.45, 2.75) is 25.2 Å². The number of rotatable bonds is 6. The minimum absolute atomic E-state index is 0.218. The van der Waals surface area contributed by atoms with E-state index in [4.69, 9.17) is 4.74 Å². The first-order valence-corrected chi connectivity index (χ1v) is 7.80. The van der Waals surface area contributed by atoms with Crippen molar-refractivity contribution in [1.29, 1.82) is 0 Å². The van der Waals surface area contributed by atoms with Crippen molar-refractivity contribution in [3.05, 3.63) is 35.9 Å². The van der Waals surface area contributed by atoms with Crippen molar-refractivity contribution >= 4 is 5.91 Å². The molecule has 1 amide bonds. The van der Waals surface area contributed by atoms with Crippen molar-refractivity contribution < 1.29 is 9.53 Å². The zero-order valence-electron chi connectivity index (χ0n) is 13.1. The van der Waals surface area contributed by atoms with Gasteiger partial charge in [0.1, 0.15) is 0 Å². The van der Waals surface area contributed by atoms with Gasteiger partial charge in [-0.15, -0.1) is 0 Å². The van der Waals surface area contributed by atoms with Crippen LogP contribution in [0.5, 0.6) is 0 Å². The third-order valence-electron chi connectivity index (χ3n) is 4.31.